The molecule has 1 amide bonds. The van der Waals surface area contributed by atoms with E-state index in [1.165, 1.54) is 12.1 Å². The third-order valence-electron chi connectivity index (χ3n) is 7.75. The molecule has 42 heavy (non-hydrogen) atoms. The van der Waals surface area contributed by atoms with E-state index in [2.05, 4.69) is 22.0 Å². The van der Waals surface area contributed by atoms with Crippen LogP contribution < -0.4 is 20.8 Å². The van der Waals surface area contributed by atoms with Gasteiger partial charge < -0.3 is 24.9 Å². The number of nitrogens with two attached hydrogens (primary N) is 1. The Labute approximate surface area is 247 Å². The van der Waals surface area contributed by atoms with Gasteiger partial charge in [-0.2, -0.15) is 5.26 Å². The van der Waals surface area contributed by atoms with Gasteiger partial charge in [0.25, 0.3) is 0 Å². The molecule has 1 aromatic heterocycles. The molecular formula is C33H20BrN3O5. The van der Waals surface area contributed by atoms with Crippen LogP contribution in [0.4, 0.5) is 5.69 Å². The van der Waals surface area contributed by atoms with Gasteiger partial charge in [-0.25, -0.2) is 0 Å². The summed E-state index contributed by atoms with van der Waals surface area (Å²) in [6, 6.07) is 28.6. The molecule has 3 N–H and O–H groups in total. The molecule has 0 bridgehead atoms. The number of carbonyl (C=O) groups excluding carboxylic acids is 1. The minimum atomic E-state index is -1.89. The molecule has 204 valence electrons. The van der Waals surface area contributed by atoms with Crippen LogP contribution in [-0.4, -0.2) is 11.0 Å². The van der Waals surface area contributed by atoms with E-state index in [4.69, 9.17) is 14.9 Å². The highest BCUT2D eigenvalue weighted by molar-refractivity contribution is 9.10. The van der Waals surface area contributed by atoms with Crippen molar-refractivity contribution in [2.75, 3.05) is 4.90 Å². The first-order valence-electron chi connectivity index (χ1n) is 13.0. The predicted octanol–water partition coefficient (Wildman–Crippen LogP) is 5.85. The highest BCUT2D eigenvalue weighted by Gasteiger charge is 2.60. The maximum Gasteiger partial charge on any atom is 0.248 e. The summed E-state index contributed by atoms with van der Waals surface area (Å²) in [5.74, 6) is -1.02. The third kappa shape index (κ3) is 3.52. The Bertz CT molecular complexity index is 2080. The fourth-order valence-corrected chi connectivity index (χ4v) is 6.32. The van der Waals surface area contributed by atoms with Crippen LogP contribution in [0.15, 0.2) is 116 Å². The first-order chi connectivity index (χ1) is 20.3. The maximum absolute atomic E-state index is 14.7. The zero-order chi connectivity index (χ0) is 29.2. The van der Waals surface area contributed by atoms with E-state index in [-0.39, 0.29) is 40.3 Å². The van der Waals surface area contributed by atoms with Gasteiger partial charge in [-0.05, 0) is 23.8 Å². The number of nitrogens with zero attached hydrogens (tertiary/aromatic N) is 2. The fraction of sp³-hybridized carbons (Fsp3) is 0.0606. The molecule has 1 unspecified atom stereocenters. The topological polar surface area (TPSA) is 130 Å². The standard InChI is InChI=1S/C33H20BrN3O5/c34-20-11-12-23-21(13-20)33(32(40)37(23)17-18-7-3-1-4-8-18)22(16-35)31(36)42-27-15-26-28(30(39)29(27)33)24(38)14-25(41-26)19-9-5-2-6-10-19/h1-15,39H,17,36H2. The summed E-state index contributed by atoms with van der Waals surface area (Å²) in [6.07, 6.45) is 0. The van der Waals surface area contributed by atoms with Gasteiger partial charge in [0.05, 0.1) is 12.1 Å². The predicted molar refractivity (Wildman–Crippen MR) is 160 cm³/mol. The average Bonchev–Trinajstić information content (AvgIpc) is 3.20. The SMILES string of the molecule is N#CC1=C(N)Oc2cc3oc(-c4ccccc4)cc(=O)c3c(O)c2C12C(=O)N(Cc1ccccc1)c1ccc(Br)cc12. The lowest BCUT2D eigenvalue weighted by atomic mass is 9.68. The second kappa shape index (κ2) is 9.36. The first kappa shape index (κ1) is 25.6. The Kier molecular flexibility index (Phi) is 5.71. The molecule has 0 radical (unpaired) electrons. The van der Waals surface area contributed by atoms with Crippen molar-refractivity contribution in [3.8, 4) is 28.9 Å². The van der Waals surface area contributed by atoms with Gasteiger partial charge in [0.15, 0.2) is 5.43 Å². The minimum absolute atomic E-state index is 0.00528. The summed E-state index contributed by atoms with van der Waals surface area (Å²) in [5.41, 5.74) is 6.22. The molecule has 9 heteroatoms. The van der Waals surface area contributed by atoms with Crippen LogP contribution in [0.3, 0.4) is 0 Å². The fourth-order valence-electron chi connectivity index (χ4n) is 5.96. The van der Waals surface area contributed by atoms with Crippen molar-refractivity contribution in [1.29, 1.82) is 5.26 Å². The molecule has 1 spiro atoms. The zero-order valence-corrected chi connectivity index (χ0v) is 23.4. The first-order valence-corrected chi connectivity index (χ1v) is 13.8. The molecule has 0 saturated carbocycles. The van der Waals surface area contributed by atoms with Crippen LogP contribution in [0.2, 0.25) is 0 Å². The number of ether oxygens (including phenoxy) is 1. The number of nitriles is 1. The number of phenols is 1. The van der Waals surface area contributed by atoms with E-state index in [0.29, 0.717) is 27.0 Å². The van der Waals surface area contributed by atoms with E-state index in [1.807, 2.05) is 48.5 Å². The lowest BCUT2D eigenvalue weighted by Gasteiger charge is -2.35. The van der Waals surface area contributed by atoms with Gasteiger partial charge >= 0.3 is 0 Å². The quantitative estimate of drug-likeness (QED) is 0.260. The van der Waals surface area contributed by atoms with Crippen molar-refractivity contribution in [1.82, 2.24) is 0 Å². The van der Waals surface area contributed by atoms with E-state index in [1.54, 1.807) is 35.2 Å². The van der Waals surface area contributed by atoms with Crippen molar-refractivity contribution >= 4 is 38.5 Å². The number of phenolic OH excluding ortho intramolecular Hbond substituents is 1. The number of anilines is 1. The summed E-state index contributed by atoms with van der Waals surface area (Å²) in [7, 11) is 0. The lowest BCUT2D eigenvalue weighted by Crippen LogP contribution is -2.45. The summed E-state index contributed by atoms with van der Waals surface area (Å²) in [4.78, 5) is 29.8. The molecule has 3 heterocycles. The summed E-state index contributed by atoms with van der Waals surface area (Å²) in [6.45, 7) is 0.196. The number of amides is 1. The van der Waals surface area contributed by atoms with E-state index in [9.17, 15) is 20.0 Å². The number of halogens is 1. The second-order valence-corrected chi connectivity index (χ2v) is 11.0. The molecule has 1 atom stereocenters. The van der Waals surface area contributed by atoms with Crippen molar-refractivity contribution in [2.45, 2.75) is 12.0 Å². The Balaban J connectivity index is 1.54. The molecule has 8 nitrogen and oxygen atoms in total. The normalized spacial score (nSPS) is 17.2. The van der Waals surface area contributed by atoms with Crippen LogP contribution >= 0.6 is 15.9 Å². The highest BCUT2D eigenvalue weighted by atomic mass is 79.9. The Hall–Kier alpha value is -5.33. The number of benzene rings is 4. The number of hydrogen-bond donors (Lipinski definition) is 2. The molecule has 2 aliphatic rings. The summed E-state index contributed by atoms with van der Waals surface area (Å²) in [5, 5.41) is 22.1. The van der Waals surface area contributed by atoms with Gasteiger partial charge in [-0.15, -0.1) is 0 Å². The van der Waals surface area contributed by atoms with Crippen LogP contribution in [0.1, 0.15) is 16.7 Å². The molecule has 0 aliphatic carbocycles. The number of aromatic hydroxyl groups is 1. The van der Waals surface area contributed by atoms with Crippen molar-refractivity contribution < 1.29 is 19.1 Å². The number of fused-ring (bicyclic) bond motifs is 5. The third-order valence-corrected chi connectivity index (χ3v) is 8.24. The van der Waals surface area contributed by atoms with Gasteiger partial charge in [-0.1, -0.05) is 76.6 Å². The Morgan fingerprint density at radius 3 is 2.40 bits per heavy atom. The molecule has 7 rings (SSSR count). The van der Waals surface area contributed by atoms with Crippen molar-refractivity contribution in [2.24, 2.45) is 5.73 Å². The average molecular weight is 618 g/mol. The second-order valence-electron chi connectivity index (χ2n) is 10.1. The number of carbonyl (C=O) groups is 1. The molecule has 0 fully saturated rings. The molecule has 0 saturated heterocycles. The van der Waals surface area contributed by atoms with Gasteiger partial charge in [0.2, 0.25) is 11.8 Å². The Morgan fingerprint density at radius 1 is 0.976 bits per heavy atom. The minimum Gasteiger partial charge on any atom is -0.507 e. The molecule has 2 aliphatic heterocycles. The van der Waals surface area contributed by atoms with Crippen LogP contribution in [0.5, 0.6) is 11.5 Å². The lowest BCUT2D eigenvalue weighted by molar-refractivity contribution is -0.121. The Morgan fingerprint density at radius 2 is 1.69 bits per heavy atom. The van der Waals surface area contributed by atoms with E-state index >= 15 is 0 Å². The van der Waals surface area contributed by atoms with Gasteiger partial charge in [-0.3, -0.25) is 9.59 Å². The highest BCUT2D eigenvalue weighted by Crippen LogP contribution is 2.59. The number of rotatable bonds is 3. The number of hydrogen-bond acceptors (Lipinski definition) is 7. The van der Waals surface area contributed by atoms with Crippen LogP contribution in [0, 0.1) is 11.3 Å². The smallest absolute Gasteiger partial charge is 0.248 e. The summed E-state index contributed by atoms with van der Waals surface area (Å²) < 4.78 is 12.6. The molecular weight excluding hydrogens is 598 g/mol. The summed E-state index contributed by atoms with van der Waals surface area (Å²) >= 11 is 3.50. The molecule has 4 aromatic carbocycles. The van der Waals surface area contributed by atoms with Crippen LogP contribution in [0.25, 0.3) is 22.3 Å². The monoisotopic (exact) mass is 617 g/mol. The van der Waals surface area contributed by atoms with Crippen LogP contribution in [-0.2, 0) is 16.8 Å². The molecule has 5 aromatic rings. The largest absolute Gasteiger partial charge is 0.507 e. The van der Waals surface area contributed by atoms with Gasteiger partial charge in [0.1, 0.15) is 45.3 Å². The van der Waals surface area contributed by atoms with E-state index < -0.39 is 22.5 Å². The van der Waals surface area contributed by atoms with Crippen molar-refractivity contribution in [3.63, 3.8) is 0 Å². The van der Waals surface area contributed by atoms with E-state index in [0.717, 1.165) is 5.56 Å². The maximum atomic E-state index is 14.7. The van der Waals surface area contributed by atoms with Gasteiger partial charge in [0, 0.05) is 33.4 Å². The van der Waals surface area contributed by atoms with Crippen molar-refractivity contribution in [3.05, 3.63) is 134 Å². The zero-order valence-electron chi connectivity index (χ0n) is 21.8.